The summed E-state index contributed by atoms with van der Waals surface area (Å²) in [5.41, 5.74) is 6.69. The van der Waals surface area contributed by atoms with Crippen molar-refractivity contribution in [3.8, 4) is 0 Å². The molecule has 0 saturated carbocycles. The van der Waals surface area contributed by atoms with Gasteiger partial charge < -0.3 is 15.8 Å². The summed E-state index contributed by atoms with van der Waals surface area (Å²) in [7, 11) is 0. The number of ether oxygens (including phenoxy) is 1. The topological polar surface area (TPSA) is 81.4 Å². The number of nitrogens with one attached hydrogen (secondary N) is 1. The minimum atomic E-state index is -0.335. The standard InChI is InChI=1S/C14H24N2O3/c1-4-11(5-2)19-13-7-10(8-17)6-12(15)14(13)16-9(3)18/h7-8,11-14H,4-6,15H2,1-3H3,(H,16,18)/t12-,13+,14+/m0/s1. The molecule has 0 unspecified atom stereocenters. The van der Waals surface area contributed by atoms with Crippen LogP contribution in [-0.4, -0.2) is 36.5 Å². The maximum Gasteiger partial charge on any atom is 0.217 e. The van der Waals surface area contributed by atoms with Gasteiger partial charge in [-0.3, -0.25) is 9.59 Å². The molecule has 1 aliphatic rings. The molecule has 108 valence electrons. The number of aldehydes is 1. The molecule has 19 heavy (non-hydrogen) atoms. The van der Waals surface area contributed by atoms with E-state index in [0.717, 1.165) is 19.1 Å². The van der Waals surface area contributed by atoms with E-state index in [0.29, 0.717) is 12.0 Å². The van der Waals surface area contributed by atoms with Crippen molar-refractivity contribution in [1.29, 1.82) is 0 Å². The Morgan fingerprint density at radius 1 is 1.58 bits per heavy atom. The molecule has 0 aromatic heterocycles. The minimum absolute atomic E-state index is 0.107. The highest BCUT2D eigenvalue weighted by atomic mass is 16.5. The van der Waals surface area contributed by atoms with Crippen LogP contribution in [0.15, 0.2) is 11.6 Å². The number of hydrogen-bond donors (Lipinski definition) is 2. The van der Waals surface area contributed by atoms with E-state index in [2.05, 4.69) is 19.2 Å². The molecule has 5 nitrogen and oxygen atoms in total. The summed E-state index contributed by atoms with van der Waals surface area (Å²) in [6.07, 6.45) is 4.62. The van der Waals surface area contributed by atoms with Crippen molar-refractivity contribution in [2.24, 2.45) is 5.73 Å². The van der Waals surface area contributed by atoms with Crippen molar-refractivity contribution in [1.82, 2.24) is 5.32 Å². The van der Waals surface area contributed by atoms with Gasteiger partial charge in [0, 0.05) is 13.0 Å². The maximum absolute atomic E-state index is 11.3. The van der Waals surface area contributed by atoms with Crippen LogP contribution in [0.25, 0.3) is 0 Å². The zero-order valence-corrected chi connectivity index (χ0v) is 11.9. The first-order valence-corrected chi connectivity index (χ1v) is 6.85. The predicted octanol–water partition coefficient (Wildman–Crippen LogP) is 0.921. The maximum atomic E-state index is 11.3. The molecule has 0 radical (unpaired) electrons. The quantitative estimate of drug-likeness (QED) is 0.702. The zero-order valence-electron chi connectivity index (χ0n) is 11.9. The fourth-order valence-electron chi connectivity index (χ4n) is 2.36. The smallest absolute Gasteiger partial charge is 0.217 e. The lowest BCUT2D eigenvalue weighted by molar-refractivity contribution is -0.121. The molecule has 0 aliphatic heterocycles. The molecule has 0 spiro atoms. The van der Waals surface area contributed by atoms with Crippen LogP contribution >= 0.6 is 0 Å². The lowest BCUT2D eigenvalue weighted by atomic mass is 9.89. The molecule has 0 aromatic rings. The Labute approximate surface area is 114 Å². The first-order chi connectivity index (χ1) is 9.01. The molecule has 0 fully saturated rings. The van der Waals surface area contributed by atoms with Crippen LogP contribution in [0.3, 0.4) is 0 Å². The molecule has 5 heteroatoms. The second-order valence-electron chi connectivity index (χ2n) is 4.99. The fourth-order valence-corrected chi connectivity index (χ4v) is 2.36. The monoisotopic (exact) mass is 268 g/mol. The molecule has 1 aliphatic carbocycles. The average molecular weight is 268 g/mol. The van der Waals surface area contributed by atoms with Crippen LogP contribution in [0.2, 0.25) is 0 Å². The number of hydrogen-bond acceptors (Lipinski definition) is 4. The summed E-state index contributed by atoms with van der Waals surface area (Å²) in [6, 6.07) is -0.574. The first-order valence-electron chi connectivity index (χ1n) is 6.85. The Morgan fingerprint density at radius 2 is 2.21 bits per heavy atom. The Bertz CT molecular complexity index is 351. The van der Waals surface area contributed by atoms with E-state index in [1.165, 1.54) is 6.92 Å². The van der Waals surface area contributed by atoms with Gasteiger partial charge in [-0.15, -0.1) is 0 Å². The lowest BCUT2D eigenvalue weighted by Gasteiger charge is -2.36. The Hall–Kier alpha value is -1.20. The average Bonchev–Trinajstić information content (AvgIpc) is 2.38. The third-order valence-electron chi connectivity index (χ3n) is 3.45. The molecule has 1 rings (SSSR count). The number of rotatable bonds is 6. The summed E-state index contributed by atoms with van der Waals surface area (Å²) in [4.78, 5) is 22.2. The molecule has 0 bridgehead atoms. The third kappa shape index (κ3) is 4.44. The van der Waals surface area contributed by atoms with Gasteiger partial charge in [-0.05, 0) is 30.9 Å². The number of nitrogens with two attached hydrogens (primary N) is 1. The Morgan fingerprint density at radius 3 is 2.68 bits per heavy atom. The van der Waals surface area contributed by atoms with Crippen molar-refractivity contribution in [3.05, 3.63) is 11.6 Å². The summed E-state index contributed by atoms with van der Waals surface area (Å²) < 4.78 is 5.98. The van der Waals surface area contributed by atoms with Gasteiger partial charge in [0.15, 0.2) is 0 Å². The normalized spacial score (nSPS) is 27.0. The van der Waals surface area contributed by atoms with Gasteiger partial charge in [0.05, 0.1) is 18.2 Å². The summed E-state index contributed by atoms with van der Waals surface area (Å²) in [5, 5.41) is 2.83. The fraction of sp³-hybridized carbons (Fsp3) is 0.714. The van der Waals surface area contributed by atoms with Crippen LogP contribution in [0.1, 0.15) is 40.0 Å². The van der Waals surface area contributed by atoms with Gasteiger partial charge in [0.1, 0.15) is 6.29 Å². The number of carbonyl (C=O) groups excluding carboxylic acids is 2. The Balaban J connectivity index is 2.88. The molecular formula is C14H24N2O3. The van der Waals surface area contributed by atoms with Crippen molar-refractivity contribution in [2.75, 3.05) is 0 Å². The molecule has 0 aromatic carbocycles. The van der Waals surface area contributed by atoms with E-state index in [9.17, 15) is 9.59 Å². The van der Waals surface area contributed by atoms with Crippen molar-refractivity contribution in [2.45, 2.75) is 64.3 Å². The highest BCUT2D eigenvalue weighted by molar-refractivity contribution is 5.75. The Kier molecular flexibility index (Phi) is 6.18. The molecule has 1 amide bonds. The number of carbonyl (C=O) groups is 2. The van der Waals surface area contributed by atoms with Gasteiger partial charge >= 0.3 is 0 Å². The van der Waals surface area contributed by atoms with Crippen LogP contribution in [0.5, 0.6) is 0 Å². The highest BCUT2D eigenvalue weighted by Crippen LogP contribution is 2.22. The largest absolute Gasteiger partial charge is 0.369 e. The van der Waals surface area contributed by atoms with E-state index in [1.54, 1.807) is 6.08 Å². The first kappa shape index (κ1) is 15.9. The summed E-state index contributed by atoms with van der Waals surface area (Å²) >= 11 is 0. The summed E-state index contributed by atoms with van der Waals surface area (Å²) in [6.45, 7) is 5.56. The molecule has 3 N–H and O–H groups in total. The van der Waals surface area contributed by atoms with Gasteiger partial charge in [0.25, 0.3) is 0 Å². The van der Waals surface area contributed by atoms with Gasteiger partial charge in [-0.2, -0.15) is 0 Å². The molecular weight excluding hydrogens is 244 g/mol. The van der Waals surface area contributed by atoms with E-state index < -0.39 is 0 Å². The molecule has 0 saturated heterocycles. The van der Waals surface area contributed by atoms with Crippen LogP contribution in [0, 0.1) is 0 Å². The predicted molar refractivity (Wildman–Crippen MR) is 73.6 cm³/mol. The van der Waals surface area contributed by atoms with E-state index in [-0.39, 0.29) is 30.2 Å². The van der Waals surface area contributed by atoms with E-state index in [1.807, 2.05) is 0 Å². The van der Waals surface area contributed by atoms with Crippen molar-refractivity contribution < 1.29 is 14.3 Å². The van der Waals surface area contributed by atoms with Crippen LogP contribution in [-0.2, 0) is 14.3 Å². The second kappa shape index (κ2) is 7.40. The highest BCUT2D eigenvalue weighted by Gasteiger charge is 2.33. The lowest BCUT2D eigenvalue weighted by Crippen LogP contribution is -2.56. The van der Waals surface area contributed by atoms with Gasteiger partial charge in [-0.25, -0.2) is 0 Å². The number of amides is 1. The summed E-state index contributed by atoms with van der Waals surface area (Å²) in [5.74, 6) is -0.137. The van der Waals surface area contributed by atoms with E-state index >= 15 is 0 Å². The van der Waals surface area contributed by atoms with Gasteiger partial charge in [-0.1, -0.05) is 13.8 Å². The minimum Gasteiger partial charge on any atom is -0.369 e. The SMILES string of the molecule is CCC(CC)O[C@@H]1C=C(C=O)C[C@H](N)[C@H]1NC(C)=O. The van der Waals surface area contributed by atoms with Crippen LogP contribution < -0.4 is 11.1 Å². The van der Waals surface area contributed by atoms with Crippen LogP contribution in [0.4, 0.5) is 0 Å². The zero-order chi connectivity index (χ0) is 14.4. The second-order valence-corrected chi connectivity index (χ2v) is 4.99. The van der Waals surface area contributed by atoms with E-state index in [4.69, 9.17) is 10.5 Å². The third-order valence-corrected chi connectivity index (χ3v) is 3.45. The molecule has 0 heterocycles. The van der Waals surface area contributed by atoms with Crippen molar-refractivity contribution in [3.63, 3.8) is 0 Å². The molecule has 3 atom stereocenters. The van der Waals surface area contributed by atoms with Gasteiger partial charge in [0.2, 0.25) is 5.91 Å². The van der Waals surface area contributed by atoms with Crippen molar-refractivity contribution >= 4 is 12.2 Å².